The lowest BCUT2D eigenvalue weighted by Crippen LogP contribution is -2.17. The third-order valence-corrected chi connectivity index (χ3v) is 2.76. The van der Waals surface area contributed by atoms with Crippen LogP contribution in [0.15, 0.2) is 16.9 Å². The molecule has 0 N–H and O–H groups in total. The van der Waals surface area contributed by atoms with Crippen molar-refractivity contribution in [3.8, 4) is 12.3 Å². The Morgan fingerprint density at radius 3 is 3.20 bits per heavy atom. The maximum Gasteiger partial charge on any atom is 0.210 e. The number of terminal acetylenes is 1. The van der Waals surface area contributed by atoms with Gasteiger partial charge < -0.3 is 9.74 Å². The molecule has 0 aromatic heterocycles. The van der Waals surface area contributed by atoms with Gasteiger partial charge in [-0.2, -0.15) is 0 Å². The van der Waals surface area contributed by atoms with Crippen molar-refractivity contribution >= 4 is 12.5 Å². The predicted octanol–water partition coefficient (Wildman–Crippen LogP) is 0.409. The summed E-state index contributed by atoms with van der Waals surface area (Å²) in [6.45, 7) is 2.14. The first-order valence-corrected chi connectivity index (χ1v) is 4.90. The lowest BCUT2D eigenvalue weighted by atomic mass is 9.95. The molecule has 2 aliphatic rings. The van der Waals surface area contributed by atoms with Gasteiger partial charge in [0.2, 0.25) is 6.10 Å². The molecule has 1 saturated heterocycles. The average Bonchev–Trinajstić information content (AvgIpc) is 2.86. The molecule has 0 aromatic carbocycles. The van der Waals surface area contributed by atoms with Crippen LogP contribution in [0, 0.1) is 18.3 Å². The third-order valence-electron chi connectivity index (χ3n) is 2.76. The Labute approximate surface area is 88.6 Å². The fourth-order valence-electron chi connectivity index (χ4n) is 2.08. The molecule has 0 saturated carbocycles. The van der Waals surface area contributed by atoms with Gasteiger partial charge in [-0.15, -0.1) is 6.42 Å². The number of hydrogen-bond acceptors (Lipinski definition) is 4. The summed E-state index contributed by atoms with van der Waals surface area (Å²) in [7, 11) is 0. The molecular weight excluding hydrogens is 192 g/mol. The van der Waals surface area contributed by atoms with Crippen LogP contribution in [-0.2, 0) is 9.63 Å². The van der Waals surface area contributed by atoms with Gasteiger partial charge in [-0.1, -0.05) is 11.1 Å². The first-order chi connectivity index (χ1) is 7.35. The molecule has 0 aromatic rings. The van der Waals surface area contributed by atoms with Crippen molar-refractivity contribution in [1.29, 1.82) is 0 Å². The maximum atomic E-state index is 10.0. The number of oxime groups is 1. The van der Waals surface area contributed by atoms with Crippen LogP contribution in [-0.4, -0.2) is 36.6 Å². The first-order valence-electron chi connectivity index (χ1n) is 4.90. The van der Waals surface area contributed by atoms with Crippen molar-refractivity contribution in [3.63, 3.8) is 0 Å². The number of carbonyl (C=O) groups excluding carboxylic acids is 1. The van der Waals surface area contributed by atoms with Crippen molar-refractivity contribution < 1.29 is 9.63 Å². The Bertz CT molecular complexity index is 354. The van der Waals surface area contributed by atoms with E-state index in [4.69, 9.17) is 11.3 Å². The Morgan fingerprint density at radius 2 is 2.67 bits per heavy atom. The van der Waals surface area contributed by atoms with E-state index in [9.17, 15) is 4.79 Å². The number of nitrogens with zero attached hydrogens (tertiary/aromatic N) is 2. The van der Waals surface area contributed by atoms with Crippen LogP contribution >= 0.6 is 0 Å². The van der Waals surface area contributed by atoms with Crippen LogP contribution in [0.2, 0.25) is 0 Å². The molecule has 4 heteroatoms. The molecule has 2 atom stereocenters. The maximum absolute atomic E-state index is 10.0. The smallest absolute Gasteiger partial charge is 0.210 e. The van der Waals surface area contributed by atoms with E-state index in [1.54, 1.807) is 0 Å². The number of rotatable bonds is 4. The molecule has 2 rings (SSSR count). The minimum atomic E-state index is -0.434. The summed E-state index contributed by atoms with van der Waals surface area (Å²) >= 11 is 0. The van der Waals surface area contributed by atoms with Crippen molar-refractivity contribution in [1.82, 2.24) is 4.90 Å². The number of fused-ring (bicyclic) bond motifs is 2. The number of carbonyl (C=O) groups is 1. The van der Waals surface area contributed by atoms with E-state index in [1.165, 1.54) is 0 Å². The van der Waals surface area contributed by atoms with Crippen LogP contribution in [0.25, 0.3) is 0 Å². The zero-order valence-electron chi connectivity index (χ0n) is 8.30. The van der Waals surface area contributed by atoms with Gasteiger partial charge in [-0.05, 0) is 6.42 Å². The molecule has 2 unspecified atom stereocenters. The first kappa shape index (κ1) is 9.78. The van der Waals surface area contributed by atoms with E-state index in [1.807, 2.05) is 0 Å². The van der Waals surface area contributed by atoms with Gasteiger partial charge in [0, 0.05) is 30.8 Å². The van der Waals surface area contributed by atoms with Crippen LogP contribution in [0.4, 0.5) is 0 Å². The minimum absolute atomic E-state index is 0.434. The monoisotopic (exact) mass is 204 g/mol. The Hall–Kier alpha value is -1.76. The zero-order valence-corrected chi connectivity index (χ0v) is 8.30. The lowest BCUT2D eigenvalue weighted by Gasteiger charge is -2.17. The van der Waals surface area contributed by atoms with Crippen molar-refractivity contribution in [2.24, 2.45) is 11.1 Å². The molecule has 78 valence electrons. The van der Waals surface area contributed by atoms with Gasteiger partial charge in [0.05, 0.1) is 0 Å². The highest BCUT2D eigenvalue weighted by molar-refractivity contribution is 6.12. The molecule has 2 bridgehead atoms. The van der Waals surface area contributed by atoms with E-state index < -0.39 is 6.10 Å². The van der Waals surface area contributed by atoms with Crippen molar-refractivity contribution in [2.75, 3.05) is 13.1 Å². The summed E-state index contributed by atoms with van der Waals surface area (Å²) < 4.78 is 0. The fraction of sp³-hybridized carbons (Fsp3) is 0.455. The van der Waals surface area contributed by atoms with Gasteiger partial charge in [0.15, 0.2) is 6.29 Å². The molecular formula is C11H12N2O2. The molecule has 0 aliphatic carbocycles. The van der Waals surface area contributed by atoms with Gasteiger partial charge in [-0.3, -0.25) is 4.79 Å². The molecule has 15 heavy (non-hydrogen) atoms. The molecule has 0 amide bonds. The second-order valence-corrected chi connectivity index (χ2v) is 3.65. The third kappa shape index (κ3) is 1.86. The van der Waals surface area contributed by atoms with E-state index in [0.717, 1.165) is 31.3 Å². The SMILES string of the molecule is C#CC(ON=CC=O)C1=CN2CCC1C2. The van der Waals surface area contributed by atoms with Gasteiger partial charge in [0.25, 0.3) is 0 Å². The Balaban J connectivity index is 2.02. The standard InChI is InChI=1S/C11H12N2O2/c1-2-11(15-12-4-6-14)10-8-13-5-3-9(10)7-13/h1,4,6,8-9,11H,3,5,7H2. The van der Waals surface area contributed by atoms with Crippen molar-refractivity contribution in [2.45, 2.75) is 12.5 Å². The highest BCUT2D eigenvalue weighted by Gasteiger charge is 2.35. The molecule has 2 aliphatic heterocycles. The quantitative estimate of drug-likeness (QED) is 0.288. The predicted molar refractivity (Wildman–Crippen MR) is 56.0 cm³/mol. The van der Waals surface area contributed by atoms with Crippen LogP contribution in [0.5, 0.6) is 0 Å². The van der Waals surface area contributed by atoms with E-state index in [-0.39, 0.29) is 0 Å². The molecule has 0 spiro atoms. The van der Waals surface area contributed by atoms with Gasteiger partial charge in [-0.25, -0.2) is 0 Å². The van der Waals surface area contributed by atoms with Crippen molar-refractivity contribution in [3.05, 3.63) is 11.8 Å². The largest absolute Gasteiger partial charge is 0.377 e. The van der Waals surface area contributed by atoms with Gasteiger partial charge in [0.1, 0.15) is 6.21 Å². The molecule has 0 radical (unpaired) electrons. The molecule has 2 heterocycles. The lowest BCUT2D eigenvalue weighted by molar-refractivity contribution is -0.102. The summed E-state index contributed by atoms with van der Waals surface area (Å²) in [5.74, 6) is 3.04. The van der Waals surface area contributed by atoms with Crippen LogP contribution in [0.3, 0.4) is 0 Å². The average molecular weight is 204 g/mol. The molecule has 4 nitrogen and oxygen atoms in total. The fourth-order valence-corrected chi connectivity index (χ4v) is 2.08. The summed E-state index contributed by atoms with van der Waals surface area (Å²) in [4.78, 5) is 17.3. The minimum Gasteiger partial charge on any atom is -0.377 e. The number of aldehydes is 1. The van der Waals surface area contributed by atoms with Crippen LogP contribution < -0.4 is 0 Å². The highest BCUT2D eigenvalue weighted by atomic mass is 16.6. The second-order valence-electron chi connectivity index (χ2n) is 3.65. The van der Waals surface area contributed by atoms with Gasteiger partial charge >= 0.3 is 0 Å². The summed E-state index contributed by atoms with van der Waals surface area (Å²) in [6.07, 6.45) is 9.73. The Kier molecular flexibility index (Phi) is 2.72. The summed E-state index contributed by atoms with van der Waals surface area (Å²) in [5.41, 5.74) is 1.10. The topological polar surface area (TPSA) is 41.9 Å². The number of hydrogen-bond donors (Lipinski definition) is 0. The second kappa shape index (κ2) is 4.18. The summed E-state index contributed by atoms with van der Waals surface area (Å²) in [6, 6.07) is 0. The van der Waals surface area contributed by atoms with Crippen LogP contribution in [0.1, 0.15) is 6.42 Å². The zero-order chi connectivity index (χ0) is 10.7. The van der Waals surface area contributed by atoms with E-state index in [2.05, 4.69) is 22.2 Å². The molecule has 1 fully saturated rings. The summed E-state index contributed by atoms with van der Waals surface area (Å²) in [5, 5.41) is 3.49. The normalized spacial score (nSPS) is 25.1. The van der Waals surface area contributed by atoms with E-state index >= 15 is 0 Å². The Morgan fingerprint density at radius 1 is 1.80 bits per heavy atom. The highest BCUT2D eigenvalue weighted by Crippen LogP contribution is 2.34. The van der Waals surface area contributed by atoms with E-state index in [0.29, 0.717) is 12.2 Å².